The Morgan fingerprint density at radius 1 is 1.00 bits per heavy atom. The van der Waals surface area contributed by atoms with Gasteiger partial charge < -0.3 is 10.6 Å². The normalized spacial score (nSPS) is 11.0. The summed E-state index contributed by atoms with van der Waals surface area (Å²) in [5, 5.41) is 11.0. The zero-order chi connectivity index (χ0) is 23.4. The van der Waals surface area contributed by atoms with Crippen molar-refractivity contribution in [1.29, 1.82) is 0 Å². The predicted molar refractivity (Wildman–Crippen MR) is 133 cm³/mol. The number of anilines is 2. The summed E-state index contributed by atoms with van der Waals surface area (Å²) >= 11 is 1.32. The number of benzene rings is 2. The summed E-state index contributed by atoms with van der Waals surface area (Å²) in [4.78, 5) is 30.5. The van der Waals surface area contributed by atoms with Crippen LogP contribution < -0.4 is 10.6 Å². The lowest BCUT2D eigenvalue weighted by atomic mass is 10.2. The maximum absolute atomic E-state index is 13.0. The van der Waals surface area contributed by atoms with Gasteiger partial charge >= 0.3 is 0 Å². The molecule has 2 aromatic heterocycles. The molecule has 2 heterocycles. The van der Waals surface area contributed by atoms with E-state index in [1.165, 1.54) is 11.8 Å². The molecule has 0 spiro atoms. The zero-order valence-electron chi connectivity index (χ0n) is 18.7. The fraction of sp³-hybridized carbons (Fsp3) is 0.200. The topological polar surface area (TPSA) is 88.9 Å². The first-order valence-corrected chi connectivity index (χ1v) is 11.6. The molecular formula is C25H25N5O2S. The van der Waals surface area contributed by atoms with Gasteiger partial charge in [0.1, 0.15) is 0 Å². The van der Waals surface area contributed by atoms with Crippen molar-refractivity contribution in [2.24, 2.45) is 0 Å². The van der Waals surface area contributed by atoms with Gasteiger partial charge in [0.2, 0.25) is 5.91 Å². The highest BCUT2D eigenvalue weighted by Gasteiger charge is 2.15. The molecule has 168 valence electrons. The Morgan fingerprint density at radius 2 is 1.76 bits per heavy atom. The lowest BCUT2D eigenvalue weighted by Gasteiger charge is -2.11. The third kappa shape index (κ3) is 5.40. The molecule has 0 aliphatic heterocycles. The Hall–Kier alpha value is -3.65. The van der Waals surface area contributed by atoms with Crippen LogP contribution in [0.25, 0.3) is 11.0 Å². The molecule has 4 rings (SSSR count). The van der Waals surface area contributed by atoms with Gasteiger partial charge in [-0.25, -0.2) is 9.67 Å². The Balaban J connectivity index is 1.43. The minimum Gasteiger partial charge on any atom is -0.325 e. The molecule has 0 saturated heterocycles. The lowest BCUT2D eigenvalue weighted by molar-refractivity contribution is -0.113. The molecule has 0 fully saturated rings. The number of nitrogens with one attached hydrogen (secondary N) is 2. The molecule has 8 heteroatoms. The van der Waals surface area contributed by atoms with Crippen LogP contribution in [0.3, 0.4) is 0 Å². The van der Waals surface area contributed by atoms with E-state index in [1.54, 1.807) is 24.5 Å². The number of thioether (sulfide) groups is 1. The number of aromatic nitrogens is 3. The molecule has 0 unspecified atom stereocenters. The van der Waals surface area contributed by atoms with Crippen LogP contribution in [0.15, 0.2) is 71.9 Å². The van der Waals surface area contributed by atoms with Crippen molar-refractivity contribution in [3.05, 3.63) is 78.1 Å². The van der Waals surface area contributed by atoms with Crippen LogP contribution in [0.4, 0.5) is 11.4 Å². The highest BCUT2D eigenvalue weighted by Crippen LogP contribution is 2.25. The molecule has 0 radical (unpaired) electrons. The highest BCUT2D eigenvalue weighted by molar-refractivity contribution is 8.00. The van der Waals surface area contributed by atoms with Crippen LogP contribution in [0.1, 0.15) is 35.8 Å². The van der Waals surface area contributed by atoms with E-state index in [2.05, 4.69) is 20.7 Å². The molecule has 0 bridgehead atoms. The molecule has 0 atom stereocenters. The van der Waals surface area contributed by atoms with E-state index in [0.717, 1.165) is 27.2 Å². The van der Waals surface area contributed by atoms with E-state index >= 15 is 0 Å². The van der Waals surface area contributed by atoms with E-state index in [9.17, 15) is 9.59 Å². The SMILES string of the molecule is Cc1ccc(NC(=O)CSc2ccccc2C(=O)Nc2cnc3c(cnn3C(C)C)c2)cc1. The standard InChI is InChI=1S/C25H25N5O2S/c1-16(2)30-24-18(13-27-30)12-20(14-26-24)29-25(32)21-6-4-5-7-22(21)33-15-23(31)28-19-10-8-17(3)9-11-19/h4-14,16H,15H2,1-3H3,(H,28,31)(H,29,32). The maximum Gasteiger partial charge on any atom is 0.256 e. The van der Waals surface area contributed by atoms with Gasteiger partial charge in [0, 0.05) is 22.0 Å². The Morgan fingerprint density at radius 3 is 2.52 bits per heavy atom. The summed E-state index contributed by atoms with van der Waals surface area (Å²) in [7, 11) is 0. The van der Waals surface area contributed by atoms with Gasteiger partial charge in [-0.2, -0.15) is 5.10 Å². The predicted octanol–water partition coefficient (Wildman–Crippen LogP) is 5.30. The third-order valence-corrected chi connectivity index (χ3v) is 6.08. The zero-order valence-corrected chi connectivity index (χ0v) is 19.5. The molecular weight excluding hydrogens is 434 g/mol. The number of nitrogens with zero attached hydrogens (tertiary/aromatic N) is 3. The Labute approximate surface area is 196 Å². The van der Waals surface area contributed by atoms with Gasteiger partial charge in [-0.15, -0.1) is 11.8 Å². The van der Waals surface area contributed by atoms with Crippen LogP contribution in [0.5, 0.6) is 0 Å². The van der Waals surface area contributed by atoms with Crippen molar-refractivity contribution in [3.8, 4) is 0 Å². The van der Waals surface area contributed by atoms with Crippen molar-refractivity contribution in [3.63, 3.8) is 0 Å². The van der Waals surface area contributed by atoms with Gasteiger partial charge in [-0.3, -0.25) is 9.59 Å². The molecule has 7 nitrogen and oxygen atoms in total. The molecule has 4 aromatic rings. The second-order valence-electron chi connectivity index (χ2n) is 7.97. The third-order valence-electron chi connectivity index (χ3n) is 5.01. The van der Waals surface area contributed by atoms with Crippen molar-refractivity contribution >= 4 is 46.0 Å². The summed E-state index contributed by atoms with van der Waals surface area (Å²) in [5.41, 5.74) is 3.75. The molecule has 0 saturated carbocycles. The number of aryl methyl sites for hydroxylation is 1. The average Bonchev–Trinajstić information content (AvgIpc) is 3.23. The summed E-state index contributed by atoms with van der Waals surface area (Å²) in [6.07, 6.45) is 3.38. The average molecular weight is 460 g/mol. The Kier molecular flexibility index (Phi) is 6.74. The van der Waals surface area contributed by atoms with E-state index in [0.29, 0.717) is 11.3 Å². The second kappa shape index (κ2) is 9.87. The largest absolute Gasteiger partial charge is 0.325 e. The number of hydrogen-bond donors (Lipinski definition) is 2. The molecule has 2 amide bonds. The van der Waals surface area contributed by atoms with Gasteiger partial charge in [0.25, 0.3) is 5.91 Å². The number of rotatable bonds is 7. The van der Waals surface area contributed by atoms with Crippen LogP contribution in [-0.2, 0) is 4.79 Å². The molecule has 0 aliphatic carbocycles. The molecule has 0 aliphatic rings. The monoisotopic (exact) mass is 459 g/mol. The van der Waals surface area contributed by atoms with E-state index in [-0.39, 0.29) is 23.6 Å². The van der Waals surface area contributed by atoms with E-state index in [1.807, 2.05) is 67.9 Å². The van der Waals surface area contributed by atoms with Gasteiger partial charge in [0.15, 0.2) is 5.65 Å². The van der Waals surface area contributed by atoms with Gasteiger partial charge in [0.05, 0.1) is 29.4 Å². The first kappa shape index (κ1) is 22.5. The fourth-order valence-corrected chi connectivity index (χ4v) is 4.19. The van der Waals surface area contributed by atoms with Crippen molar-refractivity contribution in [2.45, 2.75) is 31.7 Å². The summed E-state index contributed by atoms with van der Waals surface area (Å²) in [6.45, 7) is 6.08. The first-order chi connectivity index (χ1) is 15.9. The number of pyridine rings is 1. The van der Waals surface area contributed by atoms with Crippen LogP contribution in [0, 0.1) is 6.92 Å². The summed E-state index contributed by atoms with van der Waals surface area (Å²) in [5.74, 6) is -0.189. The summed E-state index contributed by atoms with van der Waals surface area (Å²) in [6, 6.07) is 16.9. The van der Waals surface area contributed by atoms with Crippen molar-refractivity contribution < 1.29 is 9.59 Å². The van der Waals surface area contributed by atoms with Gasteiger partial charge in [-0.05, 0) is 51.1 Å². The lowest BCUT2D eigenvalue weighted by Crippen LogP contribution is -2.16. The Bertz CT molecular complexity index is 1300. The number of carbonyl (C=O) groups excluding carboxylic acids is 2. The maximum atomic E-state index is 13.0. The highest BCUT2D eigenvalue weighted by atomic mass is 32.2. The van der Waals surface area contributed by atoms with Crippen molar-refractivity contribution in [1.82, 2.24) is 14.8 Å². The minimum atomic E-state index is -0.255. The number of fused-ring (bicyclic) bond motifs is 1. The van der Waals surface area contributed by atoms with Crippen LogP contribution >= 0.6 is 11.8 Å². The smallest absolute Gasteiger partial charge is 0.256 e. The van der Waals surface area contributed by atoms with E-state index < -0.39 is 0 Å². The quantitative estimate of drug-likeness (QED) is 0.366. The number of amides is 2. The van der Waals surface area contributed by atoms with Crippen LogP contribution in [0.2, 0.25) is 0 Å². The number of hydrogen-bond acceptors (Lipinski definition) is 5. The van der Waals surface area contributed by atoms with Gasteiger partial charge in [-0.1, -0.05) is 29.8 Å². The second-order valence-corrected chi connectivity index (χ2v) is 8.99. The molecule has 2 N–H and O–H groups in total. The fourth-order valence-electron chi connectivity index (χ4n) is 3.34. The van der Waals surface area contributed by atoms with E-state index in [4.69, 9.17) is 0 Å². The van der Waals surface area contributed by atoms with Crippen molar-refractivity contribution in [2.75, 3.05) is 16.4 Å². The van der Waals surface area contributed by atoms with Crippen LogP contribution in [-0.4, -0.2) is 32.3 Å². The summed E-state index contributed by atoms with van der Waals surface area (Å²) < 4.78 is 1.84. The first-order valence-electron chi connectivity index (χ1n) is 10.6. The minimum absolute atomic E-state index is 0.129. The molecule has 33 heavy (non-hydrogen) atoms. The number of carbonyl (C=O) groups is 2. The molecule has 2 aromatic carbocycles.